The van der Waals surface area contributed by atoms with Gasteiger partial charge in [-0.2, -0.15) is 0 Å². The van der Waals surface area contributed by atoms with Crippen LogP contribution >= 0.6 is 46.4 Å². The predicted octanol–water partition coefficient (Wildman–Crippen LogP) is 7.54. The summed E-state index contributed by atoms with van der Waals surface area (Å²) in [6.07, 6.45) is 3.05. The highest BCUT2D eigenvalue weighted by molar-refractivity contribution is 6.36. The molecule has 0 aromatic heterocycles. The maximum absolute atomic E-state index is 13.2. The summed E-state index contributed by atoms with van der Waals surface area (Å²) in [5.74, 6) is -0.508. The molecular weight excluding hydrogens is 533 g/mol. The van der Waals surface area contributed by atoms with E-state index in [0.717, 1.165) is 5.56 Å². The Balaban J connectivity index is 1.46. The number of benzene rings is 3. The summed E-state index contributed by atoms with van der Waals surface area (Å²) in [6, 6.07) is 18.0. The molecule has 0 saturated carbocycles. The van der Waals surface area contributed by atoms with Crippen molar-refractivity contribution < 1.29 is 13.9 Å². The number of halogens is 5. The molecule has 182 valence electrons. The summed E-state index contributed by atoms with van der Waals surface area (Å²) in [5, 5.41) is 1.61. The van der Waals surface area contributed by atoms with Crippen LogP contribution in [0.5, 0.6) is 0 Å². The Hall–Kier alpha value is -2.28. The lowest BCUT2D eigenvalue weighted by molar-refractivity contribution is 0.00702. The summed E-state index contributed by atoms with van der Waals surface area (Å²) in [5.41, 5.74) is 1.33. The van der Waals surface area contributed by atoms with Crippen LogP contribution in [0.25, 0.3) is 0 Å². The van der Waals surface area contributed by atoms with Crippen LogP contribution in [0.4, 0.5) is 4.39 Å². The molecule has 2 unspecified atom stereocenters. The van der Waals surface area contributed by atoms with Gasteiger partial charge in [-0.1, -0.05) is 64.6 Å². The summed E-state index contributed by atoms with van der Waals surface area (Å²) >= 11 is 25.6. The highest BCUT2D eigenvalue weighted by Gasteiger charge is 2.30. The van der Waals surface area contributed by atoms with Crippen LogP contribution in [-0.2, 0) is 11.3 Å². The zero-order chi connectivity index (χ0) is 24.9. The number of alkyl halides is 1. The summed E-state index contributed by atoms with van der Waals surface area (Å²) in [4.78, 5) is 16.3. The number of hydrogen-bond donors (Lipinski definition) is 0. The van der Waals surface area contributed by atoms with Crippen LogP contribution in [-0.4, -0.2) is 34.3 Å². The Morgan fingerprint density at radius 2 is 1.60 bits per heavy atom. The second-order valence-electron chi connectivity index (χ2n) is 7.99. The molecule has 3 aromatic rings. The Morgan fingerprint density at radius 3 is 2.26 bits per heavy atom. The molecule has 4 rings (SSSR count). The van der Waals surface area contributed by atoms with Gasteiger partial charge in [0.1, 0.15) is 17.4 Å². The highest BCUT2D eigenvalue weighted by atomic mass is 35.5. The van der Waals surface area contributed by atoms with Crippen molar-refractivity contribution in [2.45, 2.75) is 18.2 Å². The van der Waals surface area contributed by atoms with Crippen LogP contribution in [0.2, 0.25) is 15.1 Å². The minimum atomic E-state index is -0.611. The molecule has 1 aliphatic rings. The molecule has 1 heterocycles. The molecule has 0 fully saturated rings. The standard InChI is InChI=1S/C26H21Cl4FN2O2/c27-19-8-4-18(5-9-19)25(35-15-21-22(28)2-1-3-23(21)29)26(30)33-13-12-32(16-33)14-24(34)17-6-10-20(31)11-7-17/h1-13,25-26H,14-16H2. The van der Waals surface area contributed by atoms with Crippen molar-refractivity contribution in [2.24, 2.45) is 0 Å². The van der Waals surface area contributed by atoms with Crippen molar-refractivity contribution in [2.75, 3.05) is 13.2 Å². The van der Waals surface area contributed by atoms with Crippen LogP contribution in [0.3, 0.4) is 0 Å². The zero-order valence-corrected chi connectivity index (χ0v) is 21.4. The van der Waals surface area contributed by atoms with Gasteiger partial charge in [0, 0.05) is 38.6 Å². The van der Waals surface area contributed by atoms with E-state index in [0.29, 0.717) is 32.9 Å². The fraction of sp³-hybridized carbons (Fsp3) is 0.192. The average Bonchev–Trinajstić information content (AvgIpc) is 3.30. The van der Waals surface area contributed by atoms with Gasteiger partial charge in [0.2, 0.25) is 0 Å². The summed E-state index contributed by atoms with van der Waals surface area (Å²) in [6.45, 7) is 0.657. The van der Waals surface area contributed by atoms with Crippen LogP contribution < -0.4 is 0 Å². The fourth-order valence-electron chi connectivity index (χ4n) is 3.66. The first-order valence-corrected chi connectivity index (χ1v) is 12.3. The number of rotatable bonds is 9. The van der Waals surface area contributed by atoms with Crippen LogP contribution in [0.15, 0.2) is 79.1 Å². The number of ether oxygens (including phenoxy) is 1. The van der Waals surface area contributed by atoms with Gasteiger partial charge < -0.3 is 14.5 Å². The molecule has 3 aromatic carbocycles. The third kappa shape index (κ3) is 6.49. The van der Waals surface area contributed by atoms with Gasteiger partial charge in [0.15, 0.2) is 5.78 Å². The molecule has 4 nitrogen and oxygen atoms in total. The van der Waals surface area contributed by atoms with Crippen molar-refractivity contribution >= 4 is 52.2 Å². The number of Topliss-reactive ketones (excluding diaryl/α,β-unsaturated/α-hetero) is 1. The molecule has 0 N–H and O–H groups in total. The van der Waals surface area contributed by atoms with Gasteiger partial charge in [-0.3, -0.25) is 4.79 Å². The fourth-order valence-corrected chi connectivity index (χ4v) is 4.64. The van der Waals surface area contributed by atoms with E-state index in [1.165, 1.54) is 24.3 Å². The van der Waals surface area contributed by atoms with Crippen LogP contribution in [0.1, 0.15) is 27.6 Å². The Bertz CT molecular complexity index is 1180. The van der Waals surface area contributed by atoms with Crippen molar-refractivity contribution in [3.05, 3.63) is 117 Å². The lowest BCUT2D eigenvalue weighted by atomic mass is 10.1. The first kappa shape index (κ1) is 25.8. The smallest absolute Gasteiger partial charge is 0.182 e. The summed E-state index contributed by atoms with van der Waals surface area (Å²) < 4.78 is 19.4. The maximum atomic E-state index is 13.2. The molecule has 0 amide bonds. The molecule has 1 aliphatic heterocycles. The SMILES string of the molecule is O=C(CN1C=CN(C(Cl)C(OCc2c(Cl)cccc2Cl)c2ccc(Cl)cc2)C1)c1ccc(F)cc1. The molecule has 2 atom stereocenters. The quantitative estimate of drug-likeness (QED) is 0.156. The van der Waals surface area contributed by atoms with Crippen LogP contribution in [0, 0.1) is 5.82 Å². The molecule has 0 aliphatic carbocycles. The van der Waals surface area contributed by atoms with Gasteiger partial charge in [0.05, 0.1) is 19.8 Å². The molecular formula is C26H21Cl4FN2O2. The van der Waals surface area contributed by atoms with Crippen molar-refractivity contribution in [3.63, 3.8) is 0 Å². The van der Waals surface area contributed by atoms with Crippen molar-refractivity contribution in [1.29, 1.82) is 0 Å². The van der Waals surface area contributed by atoms with E-state index >= 15 is 0 Å². The lowest BCUT2D eigenvalue weighted by Gasteiger charge is -2.31. The molecule has 0 radical (unpaired) electrons. The Morgan fingerprint density at radius 1 is 0.943 bits per heavy atom. The topological polar surface area (TPSA) is 32.8 Å². The lowest BCUT2D eigenvalue weighted by Crippen LogP contribution is -2.37. The third-order valence-corrected chi connectivity index (χ3v) is 7.00. The van der Waals surface area contributed by atoms with E-state index in [1.807, 2.05) is 28.1 Å². The van der Waals surface area contributed by atoms with Gasteiger partial charge >= 0.3 is 0 Å². The summed E-state index contributed by atoms with van der Waals surface area (Å²) in [7, 11) is 0. The third-order valence-electron chi connectivity index (χ3n) is 5.56. The first-order chi connectivity index (χ1) is 16.8. The minimum Gasteiger partial charge on any atom is -0.365 e. The van der Waals surface area contributed by atoms with E-state index in [9.17, 15) is 9.18 Å². The average molecular weight is 554 g/mol. The van der Waals surface area contributed by atoms with E-state index in [-0.39, 0.29) is 24.8 Å². The highest BCUT2D eigenvalue weighted by Crippen LogP contribution is 2.33. The van der Waals surface area contributed by atoms with Crippen molar-refractivity contribution in [3.8, 4) is 0 Å². The molecule has 0 saturated heterocycles. The monoisotopic (exact) mass is 552 g/mol. The molecule has 35 heavy (non-hydrogen) atoms. The number of nitrogens with zero attached hydrogens (tertiary/aromatic N) is 2. The molecule has 0 bridgehead atoms. The Kier molecular flexibility index (Phi) is 8.58. The second kappa shape index (κ2) is 11.6. The minimum absolute atomic E-state index is 0.124. The van der Waals surface area contributed by atoms with E-state index in [4.69, 9.17) is 51.1 Å². The Labute approximate surface area is 223 Å². The van der Waals surface area contributed by atoms with Gasteiger partial charge in [-0.05, 0) is 54.1 Å². The maximum Gasteiger partial charge on any atom is 0.182 e. The van der Waals surface area contributed by atoms with Gasteiger partial charge in [-0.25, -0.2) is 4.39 Å². The number of hydrogen-bond acceptors (Lipinski definition) is 4. The normalized spacial score (nSPS) is 14.9. The van der Waals surface area contributed by atoms with Crippen molar-refractivity contribution in [1.82, 2.24) is 9.80 Å². The number of carbonyl (C=O) groups excluding carboxylic acids is 1. The predicted molar refractivity (Wildman–Crippen MR) is 138 cm³/mol. The molecule has 9 heteroatoms. The van der Waals surface area contributed by atoms with Gasteiger partial charge in [-0.15, -0.1) is 0 Å². The van der Waals surface area contributed by atoms with E-state index in [1.54, 1.807) is 36.5 Å². The largest absolute Gasteiger partial charge is 0.365 e. The van der Waals surface area contributed by atoms with E-state index < -0.39 is 11.6 Å². The van der Waals surface area contributed by atoms with Gasteiger partial charge in [0.25, 0.3) is 0 Å². The zero-order valence-electron chi connectivity index (χ0n) is 18.4. The second-order valence-corrected chi connectivity index (χ2v) is 9.68. The number of ketones is 1. The number of carbonyl (C=O) groups is 1. The first-order valence-electron chi connectivity index (χ1n) is 10.7. The molecule has 0 spiro atoms. The van der Waals surface area contributed by atoms with E-state index in [2.05, 4.69) is 0 Å².